The molecule has 0 aliphatic heterocycles. The third kappa shape index (κ3) is 5.27. The topological polar surface area (TPSA) is 32.5 Å². The number of hydrogen-bond acceptors (Lipinski definition) is 5. The minimum Gasteiger partial charge on any atom is -0.454 e. The Bertz CT molecular complexity index is 2810. The Labute approximate surface area is 305 Å². The fourth-order valence-corrected chi connectivity index (χ4v) is 8.16. The summed E-state index contributed by atoms with van der Waals surface area (Å²) in [6, 6.07) is 66.2. The molecule has 0 radical (unpaired) electrons. The zero-order valence-corrected chi connectivity index (χ0v) is 28.9. The smallest absolute Gasteiger partial charge is 0.162 e. The summed E-state index contributed by atoms with van der Waals surface area (Å²) >= 11 is 1.70. The average molecular weight is 686 g/mol. The summed E-state index contributed by atoms with van der Waals surface area (Å²) in [5, 5.41) is 5.43. The summed E-state index contributed by atoms with van der Waals surface area (Å²) < 4.78 is 7.70. The van der Waals surface area contributed by atoms with Crippen molar-refractivity contribution in [2.75, 3.05) is 9.80 Å². The number of fused-ring (bicyclic) bond motifs is 6. The molecule has 0 unspecified atom stereocenters. The molecule has 10 rings (SSSR count). The monoisotopic (exact) mass is 685 g/mol. The number of hydrogen-bond donors (Lipinski definition) is 0. The SMILES string of the molecule is c1ccc(-c2nc3c(ccc4c5cc6cc(N(c7ccccc7)c7cccc(N(c8ccccc8)c8ccccc8)c7)ccc6cc5oc43)s2)cc1. The van der Waals surface area contributed by atoms with Crippen LogP contribution in [0.2, 0.25) is 0 Å². The minimum absolute atomic E-state index is 0.838. The van der Waals surface area contributed by atoms with Crippen molar-refractivity contribution in [1.29, 1.82) is 0 Å². The van der Waals surface area contributed by atoms with Crippen molar-refractivity contribution < 1.29 is 4.42 Å². The first-order valence-electron chi connectivity index (χ1n) is 17.4. The van der Waals surface area contributed by atoms with Gasteiger partial charge in [0.1, 0.15) is 16.1 Å². The van der Waals surface area contributed by atoms with Crippen LogP contribution in [-0.4, -0.2) is 4.98 Å². The van der Waals surface area contributed by atoms with Gasteiger partial charge in [-0.25, -0.2) is 4.98 Å². The predicted octanol–water partition coefficient (Wildman–Crippen LogP) is 14.0. The van der Waals surface area contributed by atoms with Crippen LogP contribution in [0, 0.1) is 0 Å². The summed E-state index contributed by atoms with van der Waals surface area (Å²) in [5.74, 6) is 0. The van der Waals surface area contributed by atoms with E-state index in [1.54, 1.807) is 11.3 Å². The first kappa shape index (κ1) is 30.2. The Morgan fingerprint density at radius 2 is 0.981 bits per heavy atom. The number of thiazole rings is 1. The molecule has 52 heavy (non-hydrogen) atoms. The van der Waals surface area contributed by atoms with Gasteiger partial charge in [-0.2, -0.15) is 0 Å². The Balaban J connectivity index is 1.10. The van der Waals surface area contributed by atoms with Gasteiger partial charge in [0.15, 0.2) is 5.58 Å². The van der Waals surface area contributed by atoms with E-state index in [2.05, 4.69) is 192 Å². The van der Waals surface area contributed by atoms with Gasteiger partial charge < -0.3 is 14.2 Å². The van der Waals surface area contributed by atoms with Crippen LogP contribution < -0.4 is 9.80 Å². The van der Waals surface area contributed by atoms with Crippen molar-refractivity contribution in [2.45, 2.75) is 0 Å². The van der Waals surface area contributed by atoms with Crippen molar-refractivity contribution in [1.82, 2.24) is 4.98 Å². The molecular formula is C47H31N3OS. The van der Waals surface area contributed by atoms with Crippen LogP contribution in [-0.2, 0) is 0 Å². The number of nitrogens with zero attached hydrogens (tertiary/aromatic N) is 3. The van der Waals surface area contributed by atoms with Gasteiger partial charge in [0.25, 0.3) is 0 Å². The molecule has 10 aromatic rings. The minimum atomic E-state index is 0.838. The molecule has 246 valence electrons. The van der Waals surface area contributed by atoms with Gasteiger partial charge in [-0.3, -0.25) is 0 Å². The molecule has 2 aromatic heterocycles. The highest BCUT2D eigenvalue weighted by molar-refractivity contribution is 7.21. The molecule has 0 aliphatic carbocycles. The third-order valence-electron chi connectivity index (χ3n) is 9.61. The number of para-hydroxylation sites is 3. The molecule has 0 bridgehead atoms. The summed E-state index contributed by atoms with van der Waals surface area (Å²) in [5.41, 5.74) is 10.2. The van der Waals surface area contributed by atoms with E-state index in [0.717, 1.165) is 87.6 Å². The standard InChI is InChI=1S/C47H31N3OS/c1-5-14-32(15-6-1)47-48-45-44(52-47)27-26-41-42-29-34-28-40(25-24-33(34)30-43(42)51-46(41)45)50(37-20-11-4-12-21-37)39-23-13-22-38(31-39)49(35-16-7-2-8-17-35)36-18-9-3-10-19-36/h1-31H. The molecule has 0 amide bonds. The molecule has 0 fully saturated rings. The number of rotatable bonds is 7. The molecule has 4 nitrogen and oxygen atoms in total. The molecule has 0 N–H and O–H groups in total. The van der Waals surface area contributed by atoms with Gasteiger partial charge in [-0.1, -0.05) is 97.1 Å². The Hall–Kier alpha value is -6.69. The van der Waals surface area contributed by atoms with Gasteiger partial charge in [-0.05, 0) is 102 Å². The molecular weight excluding hydrogens is 655 g/mol. The highest BCUT2D eigenvalue weighted by Crippen LogP contribution is 2.43. The van der Waals surface area contributed by atoms with Gasteiger partial charge in [0, 0.05) is 50.5 Å². The maximum atomic E-state index is 6.58. The molecule has 0 spiro atoms. The van der Waals surface area contributed by atoms with E-state index < -0.39 is 0 Å². The van der Waals surface area contributed by atoms with Crippen LogP contribution in [0.1, 0.15) is 0 Å². The lowest BCUT2D eigenvalue weighted by Crippen LogP contribution is -2.13. The lowest BCUT2D eigenvalue weighted by Gasteiger charge is -2.29. The highest BCUT2D eigenvalue weighted by atomic mass is 32.1. The number of furan rings is 1. The lowest BCUT2D eigenvalue weighted by atomic mass is 10.0. The Morgan fingerprint density at radius 3 is 1.62 bits per heavy atom. The van der Waals surface area contributed by atoms with Crippen molar-refractivity contribution in [3.63, 3.8) is 0 Å². The van der Waals surface area contributed by atoms with Crippen LogP contribution in [0.5, 0.6) is 0 Å². The van der Waals surface area contributed by atoms with Crippen LogP contribution >= 0.6 is 11.3 Å². The van der Waals surface area contributed by atoms with Crippen LogP contribution in [0.3, 0.4) is 0 Å². The van der Waals surface area contributed by atoms with E-state index in [4.69, 9.17) is 9.40 Å². The van der Waals surface area contributed by atoms with Crippen molar-refractivity contribution >= 4 is 88.4 Å². The van der Waals surface area contributed by atoms with Gasteiger partial charge >= 0.3 is 0 Å². The zero-order chi connectivity index (χ0) is 34.4. The van der Waals surface area contributed by atoms with Crippen LogP contribution in [0.15, 0.2) is 192 Å². The predicted molar refractivity (Wildman–Crippen MR) is 219 cm³/mol. The highest BCUT2D eigenvalue weighted by Gasteiger charge is 2.19. The first-order chi connectivity index (χ1) is 25.8. The summed E-state index contributed by atoms with van der Waals surface area (Å²) in [6.07, 6.45) is 0. The van der Waals surface area contributed by atoms with Crippen molar-refractivity contribution in [3.05, 3.63) is 188 Å². The van der Waals surface area contributed by atoms with Crippen LogP contribution in [0.4, 0.5) is 34.1 Å². The molecule has 0 atom stereocenters. The second-order valence-corrected chi connectivity index (χ2v) is 13.9. The molecule has 5 heteroatoms. The van der Waals surface area contributed by atoms with Gasteiger partial charge in [0.05, 0.1) is 4.70 Å². The zero-order valence-electron chi connectivity index (χ0n) is 28.1. The van der Waals surface area contributed by atoms with Crippen molar-refractivity contribution in [2.24, 2.45) is 0 Å². The van der Waals surface area contributed by atoms with Gasteiger partial charge in [-0.15, -0.1) is 11.3 Å². The first-order valence-corrected chi connectivity index (χ1v) is 18.2. The van der Waals surface area contributed by atoms with Crippen LogP contribution in [0.25, 0.3) is 53.5 Å². The molecule has 2 heterocycles. The third-order valence-corrected chi connectivity index (χ3v) is 10.7. The Kier molecular flexibility index (Phi) is 7.29. The number of anilines is 6. The van der Waals surface area contributed by atoms with E-state index in [1.165, 1.54) is 0 Å². The molecule has 8 aromatic carbocycles. The second kappa shape index (κ2) is 12.6. The quantitative estimate of drug-likeness (QED) is 0.167. The van der Waals surface area contributed by atoms with E-state index >= 15 is 0 Å². The fraction of sp³-hybridized carbons (Fsp3) is 0. The second-order valence-electron chi connectivity index (χ2n) is 12.9. The summed E-state index contributed by atoms with van der Waals surface area (Å²) in [7, 11) is 0. The van der Waals surface area contributed by atoms with E-state index in [1.807, 2.05) is 6.07 Å². The maximum absolute atomic E-state index is 6.58. The summed E-state index contributed by atoms with van der Waals surface area (Å²) in [6.45, 7) is 0. The summed E-state index contributed by atoms with van der Waals surface area (Å²) in [4.78, 5) is 9.69. The molecule has 0 saturated heterocycles. The van der Waals surface area contributed by atoms with E-state index in [9.17, 15) is 0 Å². The van der Waals surface area contributed by atoms with Crippen molar-refractivity contribution in [3.8, 4) is 10.6 Å². The van der Waals surface area contributed by atoms with Gasteiger partial charge in [0.2, 0.25) is 0 Å². The number of aromatic nitrogens is 1. The fourth-order valence-electron chi connectivity index (χ4n) is 7.19. The molecule has 0 aliphatic rings. The number of benzene rings is 8. The molecule has 0 saturated carbocycles. The Morgan fingerprint density at radius 1 is 0.423 bits per heavy atom. The van der Waals surface area contributed by atoms with E-state index in [0.29, 0.717) is 0 Å². The normalized spacial score (nSPS) is 11.5. The maximum Gasteiger partial charge on any atom is 0.162 e. The largest absolute Gasteiger partial charge is 0.454 e. The average Bonchev–Trinajstić information content (AvgIpc) is 3.81. The van der Waals surface area contributed by atoms with E-state index in [-0.39, 0.29) is 0 Å². The lowest BCUT2D eigenvalue weighted by molar-refractivity contribution is 0.672.